The van der Waals surface area contributed by atoms with E-state index < -0.39 is 0 Å². The molecular weight excluding hydrogens is 350 g/mol. The largest absolute Gasteiger partial charge is 0.361 e. The number of carbonyl (C=O) groups is 1. The lowest BCUT2D eigenvalue weighted by Gasteiger charge is -2.17. The molecule has 0 fully saturated rings. The first-order chi connectivity index (χ1) is 12.5. The van der Waals surface area contributed by atoms with Gasteiger partial charge in [0, 0.05) is 49.9 Å². The van der Waals surface area contributed by atoms with Gasteiger partial charge in [0.05, 0.1) is 17.5 Å². The summed E-state index contributed by atoms with van der Waals surface area (Å²) in [6.45, 7) is 4.30. The van der Waals surface area contributed by atoms with E-state index in [0.717, 1.165) is 22.6 Å². The molecule has 0 saturated heterocycles. The van der Waals surface area contributed by atoms with Gasteiger partial charge in [0.25, 0.3) is 5.91 Å². The van der Waals surface area contributed by atoms with Gasteiger partial charge in [-0.25, -0.2) is 4.98 Å². The van der Waals surface area contributed by atoms with Crippen LogP contribution in [0.1, 0.15) is 32.9 Å². The van der Waals surface area contributed by atoms with Crippen molar-refractivity contribution in [2.75, 3.05) is 7.05 Å². The maximum atomic E-state index is 12.9. The molecule has 3 rings (SSSR count). The highest BCUT2D eigenvalue weighted by Crippen LogP contribution is 2.27. The van der Waals surface area contributed by atoms with E-state index in [0.29, 0.717) is 22.9 Å². The van der Waals surface area contributed by atoms with Crippen molar-refractivity contribution in [1.29, 1.82) is 0 Å². The first-order valence-corrected chi connectivity index (χ1v) is 9.17. The van der Waals surface area contributed by atoms with Crippen molar-refractivity contribution >= 4 is 17.7 Å². The lowest BCUT2D eigenvalue weighted by Crippen LogP contribution is -2.26. The fourth-order valence-electron chi connectivity index (χ4n) is 2.62. The first-order valence-electron chi connectivity index (χ1n) is 8.18. The summed E-state index contributed by atoms with van der Waals surface area (Å²) in [5.41, 5.74) is 3.49. The van der Waals surface area contributed by atoms with Crippen LogP contribution in [-0.4, -0.2) is 37.8 Å². The van der Waals surface area contributed by atoms with Crippen LogP contribution < -0.4 is 0 Å². The number of pyridine rings is 1. The third-order valence-electron chi connectivity index (χ3n) is 4.06. The van der Waals surface area contributed by atoms with Crippen LogP contribution in [-0.2, 0) is 19.3 Å². The van der Waals surface area contributed by atoms with Gasteiger partial charge in [0.2, 0.25) is 0 Å². The molecule has 3 aromatic heterocycles. The summed E-state index contributed by atoms with van der Waals surface area (Å²) in [5.74, 6) is 1.39. The van der Waals surface area contributed by atoms with Gasteiger partial charge in [-0.3, -0.25) is 9.48 Å². The zero-order valence-electron chi connectivity index (χ0n) is 15.3. The highest BCUT2D eigenvalue weighted by molar-refractivity contribution is 7.98. The molecule has 0 aliphatic carbocycles. The summed E-state index contributed by atoms with van der Waals surface area (Å²) in [6.07, 6.45) is 5.37. The summed E-state index contributed by atoms with van der Waals surface area (Å²) < 4.78 is 6.93. The van der Waals surface area contributed by atoms with Gasteiger partial charge < -0.3 is 9.42 Å². The van der Waals surface area contributed by atoms with Crippen molar-refractivity contribution in [1.82, 2.24) is 24.8 Å². The zero-order chi connectivity index (χ0) is 18.7. The molecule has 3 aromatic rings. The van der Waals surface area contributed by atoms with Crippen molar-refractivity contribution in [2.24, 2.45) is 7.05 Å². The summed E-state index contributed by atoms with van der Waals surface area (Å²) in [4.78, 5) is 19.0. The van der Waals surface area contributed by atoms with Gasteiger partial charge in [-0.05, 0) is 26.0 Å². The third kappa shape index (κ3) is 3.96. The summed E-state index contributed by atoms with van der Waals surface area (Å²) in [7, 11) is 3.64. The molecule has 3 heterocycles. The monoisotopic (exact) mass is 371 g/mol. The van der Waals surface area contributed by atoms with Crippen molar-refractivity contribution in [3.63, 3.8) is 0 Å². The maximum Gasteiger partial charge on any atom is 0.256 e. The minimum atomic E-state index is -0.0665. The number of carbonyl (C=O) groups excluding carboxylic acids is 1. The van der Waals surface area contributed by atoms with Gasteiger partial charge in [0.1, 0.15) is 10.8 Å². The molecule has 8 heteroatoms. The molecule has 0 atom stereocenters. The Morgan fingerprint density at radius 3 is 2.85 bits per heavy atom. The van der Waals surface area contributed by atoms with Gasteiger partial charge in [-0.1, -0.05) is 5.16 Å². The van der Waals surface area contributed by atoms with Crippen molar-refractivity contribution in [2.45, 2.75) is 31.2 Å². The van der Waals surface area contributed by atoms with E-state index in [1.165, 1.54) is 11.8 Å². The zero-order valence-corrected chi connectivity index (χ0v) is 16.1. The van der Waals surface area contributed by atoms with Crippen LogP contribution in [0.2, 0.25) is 0 Å². The molecule has 0 aliphatic rings. The summed E-state index contributed by atoms with van der Waals surface area (Å²) >= 11 is 1.51. The number of aromatic nitrogens is 4. The molecule has 0 N–H and O–H groups in total. The molecule has 0 aromatic carbocycles. The molecule has 0 unspecified atom stereocenters. The second-order valence-electron chi connectivity index (χ2n) is 6.13. The quantitative estimate of drug-likeness (QED) is 0.620. The summed E-state index contributed by atoms with van der Waals surface area (Å²) in [6, 6.07) is 3.59. The van der Waals surface area contributed by atoms with Crippen molar-refractivity contribution < 1.29 is 9.32 Å². The number of rotatable bonds is 6. The summed E-state index contributed by atoms with van der Waals surface area (Å²) in [5, 5.41) is 8.82. The normalized spacial score (nSPS) is 10.9. The molecule has 0 saturated carbocycles. The SMILES string of the molecule is Cc1noc(C)c1CSc1ncccc1C(=O)N(C)Cc1cnn(C)c1. The molecule has 0 spiro atoms. The molecule has 0 bridgehead atoms. The highest BCUT2D eigenvalue weighted by Gasteiger charge is 2.19. The van der Waals surface area contributed by atoms with Crippen LogP contribution in [0.3, 0.4) is 0 Å². The molecule has 1 amide bonds. The van der Waals surface area contributed by atoms with Crippen molar-refractivity contribution in [3.05, 3.63) is 58.9 Å². The fraction of sp³-hybridized carbons (Fsp3) is 0.333. The van der Waals surface area contributed by atoms with E-state index >= 15 is 0 Å². The second-order valence-corrected chi connectivity index (χ2v) is 7.10. The molecule has 0 radical (unpaired) electrons. The smallest absolute Gasteiger partial charge is 0.256 e. The van der Waals surface area contributed by atoms with E-state index in [-0.39, 0.29) is 5.91 Å². The Morgan fingerprint density at radius 2 is 2.19 bits per heavy atom. The average molecular weight is 371 g/mol. The van der Waals surface area contributed by atoms with Gasteiger partial charge in [0.15, 0.2) is 0 Å². The molecule has 0 aliphatic heterocycles. The van der Waals surface area contributed by atoms with E-state index in [9.17, 15) is 4.79 Å². The van der Waals surface area contributed by atoms with E-state index in [2.05, 4.69) is 15.2 Å². The Balaban J connectivity index is 1.74. The van der Waals surface area contributed by atoms with Crippen LogP contribution in [0.25, 0.3) is 0 Å². The predicted molar refractivity (Wildman–Crippen MR) is 98.8 cm³/mol. The lowest BCUT2D eigenvalue weighted by molar-refractivity contribution is 0.0781. The third-order valence-corrected chi connectivity index (χ3v) is 5.09. The Bertz CT molecular complexity index is 898. The van der Waals surface area contributed by atoms with Crippen LogP contribution in [0, 0.1) is 13.8 Å². The van der Waals surface area contributed by atoms with E-state index in [4.69, 9.17) is 4.52 Å². The number of hydrogen-bond acceptors (Lipinski definition) is 6. The van der Waals surface area contributed by atoms with E-state index in [1.54, 1.807) is 35.1 Å². The Labute approximate surface area is 156 Å². The maximum absolute atomic E-state index is 12.9. The average Bonchev–Trinajstić information content (AvgIpc) is 3.18. The van der Waals surface area contributed by atoms with Crippen molar-refractivity contribution in [3.8, 4) is 0 Å². The van der Waals surface area contributed by atoms with E-state index in [1.807, 2.05) is 33.2 Å². The van der Waals surface area contributed by atoms with Gasteiger partial charge >= 0.3 is 0 Å². The first kappa shape index (κ1) is 18.2. The van der Waals surface area contributed by atoms with Gasteiger partial charge in [-0.15, -0.1) is 11.8 Å². The number of thioether (sulfide) groups is 1. The number of aryl methyl sites for hydroxylation is 3. The Hall–Kier alpha value is -2.61. The number of nitrogens with zero attached hydrogens (tertiary/aromatic N) is 5. The van der Waals surface area contributed by atoms with Gasteiger partial charge in [-0.2, -0.15) is 5.10 Å². The highest BCUT2D eigenvalue weighted by atomic mass is 32.2. The van der Waals surface area contributed by atoms with Crippen LogP contribution in [0.4, 0.5) is 0 Å². The van der Waals surface area contributed by atoms with Crippen LogP contribution >= 0.6 is 11.8 Å². The second kappa shape index (κ2) is 7.74. The predicted octanol–water partition coefficient (Wildman–Crippen LogP) is 2.98. The minimum absolute atomic E-state index is 0.0665. The molecular formula is C18H21N5O2S. The lowest BCUT2D eigenvalue weighted by atomic mass is 10.2. The topological polar surface area (TPSA) is 77.1 Å². The molecule has 136 valence electrons. The Morgan fingerprint density at radius 1 is 1.38 bits per heavy atom. The minimum Gasteiger partial charge on any atom is -0.361 e. The molecule has 26 heavy (non-hydrogen) atoms. The number of amides is 1. The molecule has 7 nitrogen and oxygen atoms in total. The fourth-order valence-corrected chi connectivity index (χ4v) is 3.76. The Kier molecular flexibility index (Phi) is 5.41. The number of hydrogen-bond donors (Lipinski definition) is 0. The van der Waals surface area contributed by atoms with Crippen LogP contribution in [0.15, 0.2) is 40.3 Å². The van der Waals surface area contributed by atoms with Crippen LogP contribution in [0.5, 0.6) is 0 Å². The standard InChI is InChI=1S/C18H21N5O2S/c1-12-16(13(2)25-21-12)11-26-17-15(6-5-7-19-17)18(24)22(3)9-14-8-20-23(4)10-14/h5-8,10H,9,11H2,1-4H3.